The van der Waals surface area contributed by atoms with E-state index < -0.39 is 0 Å². The van der Waals surface area contributed by atoms with Crippen molar-refractivity contribution in [3.63, 3.8) is 0 Å². The van der Waals surface area contributed by atoms with E-state index in [-0.39, 0.29) is 17.9 Å². The normalized spacial score (nSPS) is 14.1. The smallest absolute Gasteiger partial charge is 0.310 e. The number of ether oxygens (including phenoxy) is 1. The topological polar surface area (TPSA) is 55.6 Å². The number of imidazole rings is 1. The van der Waals surface area contributed by atoms with Gasteiger partial charge in [0, 0.05) is 18.8 Å². The number of carbonyl (C=O) groups is 1. The highest BCUT2D eigenvalue weighted by Gasteiger charge is 2.21. The highest BCUT2D eigenvalue weighted by atomic mass is 16.5. The maximum Gasteiger partial charge on any atom is 0.310 e. The average Bonchev–Trinajstić information content (AvgIpc) is 2.89. The summed E-state index contributed by atoms with van der Waals surface area (Å²) in [6, 6.07) is 4.10. The molecule has 0 bridgehead atoms. The fraction of sp³-hybridized carbons (Fsp3) is 0.500. The number of nitrogens with one attached hydrogen (secondary N) is 1. The summed E-state index contributed by atoms with van der Waals surface area (Å²) in [6.07, 6.45) is 3.88. The SMILES string of the molecule is CCOC(=O)[C@@H](C)[C@H](C)NCc1cnc2c(C)cccn12. The number of hydrogen-bond acceptors (Lipinski definition) is 4. The molecule has 2 atom stereocenters. The molecule has 2 aromatic heterocycles. The lowest BCUT2D eigenvalue weighted by atomic mass is 10.0. The van der Waals surface area contributed by atoms with Gasteiger partial charge in [-0.2, -0.15) is 0 Å². The lowest BCUT2D eigenvalue weighted by Crippen LogP contribution is -2.36. The van der Waals surface area contributed by atoms with Crippen molar-refractivity contribution in [2.24, 2.45) is 5.92 Å². The monoisotopic (exact) mass is 289 g/mol. The Morgan fingerprint density at radius 1 is 1.48 bits per heavy atom. The third kappa shape index (κ3) is 3.42. The third-order valence-electron chi connectivity index (χ3n) is 3.82. The summed E-state index contributed by atoms with van der Waals surface area (Å²) < 4.78 is 7.12. The number of fused-ring (bicyclic) bond motifs is 1. The average molecular weight is 289 g/mol. The number of carbonyl (C=O) groups excluding carboxylic acids is 1. The zero-order valence-electron chi connectivity index (χ0n) is 13.1. The fourth-order valence-electron chi connectivity index (χ4n) is 2.25. The Balaban J connectivity index is 2.01. The summed E-state index contributed by atoms with van der Waals surface area (Å²) in [5, 5.41) is 3.37. The number of aryl methyl sites for hydroxylation is 1. The van der Waals surface area contributed by atoms with Gasteiger partial charge in [-0.25, -0.2) is 4.98 Å². The van der Waals surface area contributed by atoms with Gasteiger partial charge in [-0.1, -0.05) is 13.0 Å². The van der Waals surface area contributed by atoms with Crippen molar-refractivity contribution in [3.05, 3.63) is 35.8 Å². The second-order valence-electron chi connectivity index (χ2n) is 5.34. The lowest BCUT2D eigenvalue weighted by molar-refractivity contribution is -0.148. The molecule has 0 amide bonds. The molecule has 0 spiro atoms. The highest BCUT2D eigenvalue weighted by Crippen LogP contribution is 2.12. The number of hydrogen-bond donors (Lipinski definition) is 1. The van der Waals surface area contributed by atoms with Crippen LogP contribution < -0.4 is 5.32 Å². The maximum absolute atomic E-state index is 11.7. The molecule has 0 aliphatic carbocycles. The van der Waals surface area contributed by atoms with Gasteiger partial charge < -0.3 is 14.5 Å². The van der Waals surface area contributed by atoms with Crippen molar-refractivity contribution in [1.29, 1.82) is 0 Å². The second kappa shape index (κ2) is 6.72. The van der Waals surface area contributed by atoms with Crippen LogP contribution in [0.5, 0.6) is 0 Å². The molecule has 0 unspecified atom stereocenters. The van der Waals surface area contributed by atoms with Gasteiger partial charge in [0.05, 0.1) is 24.4 Å². The first-order valence-corrected chi connectivity index (χ1v) is 7.36. The molecule has 2 rings (SSSR count). The van der Waals surface area contributed by atoms with Crippen molar-refractivity contribution < 1.29 is 9.53 Å². The molecule has 0 saturated carbocycles. The van der Waals surface area contributed by atoms with E-state index in [1.165, 1.54) is 0 Å². The van der Waals surface area contributed by atoms with Crippen molar-refractivity contribution in [1.82, 2.24) is 14.7 Å². The van der Waals surface area contributed by atoms with Crippen LogP contribution in [0.3, 0.4) is 0 Å². The summed E-state index contributed by atoms with van der Waals surface area (Å²) in [4.78, 5) is 16.2. The largest absolute Gasteiger partial charge is 0.466 e. The molecule has 0 radical (unpaired) electrons. The third-order valence-corrected chi connectivity index (χ3v) is 3.82. The summed E-state index contributed by atoms with van der Waals surface area (Å²) in [6.45, 7) is 8.83. The van der Waals surface area contributed by atoms with E-state index >= 15 is 0 Å². The second-order valence-corrected chi connectivity index (χ2v) is 5.34. The minimum absolute atomic E-state index is 0.0411. The van der Waals surface area contributed by atoms with Crippen molar-refractivity contribution in [2.45, 2.75) is 40.3 Å². The number of esters is 1. The van der Waals surface area contributed by atoms with E-state index in [1.807, 2.05) is 52.2 Å². The van der Waals surface area contributed by atoms with Gasteiger partial charge >= 0.3 is 5.97 Å². The van der Waals surface area contributed by atoms with Gasteiger partial charge in [-0.15, -0.1) is 0 Å². The Hall–Kier alpha value is -1.88. The molecule has 5 heteroatoms. The van der Waals surface area contributed by atoms with Gasteiger partial charge in [0.25, 0.3) is 0 Å². The van der Waals surface area contributed by atoms with E-state index in [4.69, 9.17) is 4.74 Å². The molecule has 114 valence electrons. The molecule has 1 N–H and O–H groups in total. The van der Waals surface area contributed by atoms with Crippen LogP contribution in [-0.2, 0) is 16.1 Å². The van der Waals surface area contributed by atoms with Crippen LogP contribution in [-0.4, -0.2) is 28.0 Å². The molecule has 0 saturated heterocycles. The van der Waals surface area contributed by atoms with Crippen LogP contribution in [0.25, 0.3) is 5.65 Å². The molecular weight excluding hydrogens is 266 g/mol. The number of rotatable bonds is 6. The minimum atomic E-state index is -0.175. The number of nitrogens with zero attached hydrogens (tertiary/aromatic N) is 2. The van der Waals surface area contributed by atoms with Crippen molar-refractivity contribution >= 4 is 11.6 Å². The lowest BCUT2D eigenvalue weighted by Gasteiger charge is -2.19. The maximum atomic E-state index is 11.7. The first kappa shape index (κ1) is 15.5. The molecule has 2 heterocycles. The predicted molar refractivity (Wildman–Crippen MR) is 82.0 cm³/mol. The van der Waals surface area contributed by atoms with Gasteiger partial charge in [-0.05, 0) is 32.4 Å². The zero-order valence-corrected chi connectivity index (χ0v) is 13.1. The Morgan fingerprint density at radius 3 is 2.95 bits per heavy atom. The van der Waals surface area contributed by atoms with Crippen molar-refractivity contribution in [2.75, 3.05) is 6.61 Å². The molecular formula is C16H23N3O2. The summed E-state index contributed by atoms with van der Waals surface area (Å²) in [5.74, 6) is -0.336. The quantitative estimate of drug-likeness (QED) is 0.829. The van der Waals surface area contributed by atoms with Gasteiger partial charge in [-0.3, -0.25) is 4.79 Å². The Bertz CT molecular complexity index is 621. The standard InChI is InChI=1S/C16H23N3O2/c1-5-21-16(20)12(3)13(4)17-9-14-10-18-15-11(2)7-6-8-19(14)15/h6-8,10,12-13,17H,5,9H2,1-4H3/t12-,13-/m0/s1. The molecule has 0 fully saturated rings. The zero-order chi connectivity index (χ0) is 15.4. The number of pyridine rings is 1. The Labute approximate surface area is 125 Å². The van der Waals surface area contributed by atoms with Crippen molar-refractivity contribution in [3.8, 4) is 0 Å². The summed E-state index contributed by atoms with van der Waals surface area (Å²) in [7, 11) is 0. The van der Waals surface area contributed by atoms with E-state index in [0.717, 1.165) is 16.9 Å². The van der Waals surface area contributed by atoms with Gasteiger partial charge in [0.1, 0.15) is 5.65 Å². The van der Waals surface area contributed by atoms with Crippen LogP contribution >= 0.6 is 0 Å². The summed E-state index contributed by atoms with van der Waals surface area (Å²) in [5.41, 5.74) is 3.20. The van der Waals surface area contributed by atoms with Crippen LogP contribution in [0.1, 0.15) is 32.0 Å². The first-order chi connectivity index (χ1) is 10.0. The Kier molecular flexibility index (Phi) is 4.96. The van der Waals surface area contributed by atoms with E-state index in [2.05, 4.69) is 14.7 Å². The van der Waals surface area contributed by atoms with Crippen LogP contribution in [0.15, 0.2) is 24.5 Å². The predicted octanol–water partition coefficient (Wildman–Crippen LogP) is 2.32. The molecule has 21 heavy (non-hydrogen) atoms. The highest BCUT2D eigenvalue weighted by molar-refractivity contribution is 5.72. The molecule has 0 aliphatic rings. The van der Waals surface area contributed by atoms with Crippen LogP contribution in [0, 0.1) is 12.8 Å². The molecule has 2 aromatic rings. The molecule has 5 nitrogen and oxygen atoms in total. The van der Waals surface area contributed by atoms with Crippen LogP contribution in [0.4, 0.5) is 0 Å². The first-order valence-electron chi connectivity index (χ1n) is 7.36. The van der Waals surface area contributed by atoms with E-state index in [1.54, 1.807) is 0 Å². The minimum Gasteiger partial charge on any atom is -0.466 e. The fourth-order valence-corrected chi connectivity index (χ4v) is 2.25. The number of aromatic nitrogens is 2. The van der Waals surface area contributed by atoms with Crippen LogP contribution in [0.2, 0.25) is 0 Å². The van der Waals surface area contributed by atoms with E-state index in [0.29, 0.717) is 13.2 Å². The van der Waals surface area contributed by atoms with E-state index in [9.17, 15) is 4.79 Å². The summed E-state index contributed by atoms with van der Waals surface area (Å²) >= 11 is 0. The molecule has 0 aromatic carbocycles. The molecule has 0 aliphatic heterocycles. The van der Waals surface area contributed by atoms with Gasteiger partial charge in [0.2, 0.25) is 0 Å². The van der Waals surface area contributed by atoms with Gasteiger partial charge in [0.15, 0.2) is 0 Å². The Morgan fingerprint density at radius 2 is 2.24 bits per heavy atom.